The SMILES string of the molecule is CC(=O)[C@@H]1C2CCC[C@]2(C)CC[C@H]1C(C)C. The van der Waals surface area contributed by atoms with Gasteiger partial charge in [-0.05, 0) is 55.8 Å². The number of fused-ring (bicyclic) bond motifs is 1. The lowest BCUT2D eigenvalue weighted by atomic mass is 9.57. The summed E-state index contributed by atoms with van der Waals surface area (Å²) in [6, 6.07) is 0. The molecule has 1 nitrogen and oxygen atoms in total. The zero-order valence-electron chi connectivity index (χ0n) is 11.3. The van der Waals surface area contributed by atoms with Crippen LogP contribution in [0.25, 0.3) is 0 Å². The van der Waals surface area contributed by atoms with Crippen LogP contribution in [0.2, 0.25) is 0 Å². The van der Waals surface area contributed by atoms with Crippen molar-refractivity contribution in [3.05, 3.63) is 0 Å². The van der Waals surface area contributed by atoms with Gasteiger partial charge in [-0.3, -0.25) is 4.79 Å². The summed E-state index contributed by atoms with van der Waals surface area (Å²) in [6.45, 7) is 8.83. The van der Waals surface area contributed by atoms with Crippen LogP contribution in [0.5, 0.6) is 0 Å². The predicted molar refractivity (Wildman–Crippen MR) is 67.2 cm³/mol. The first-order valence-electron chi connectivity index (χ1n) is 6.96. The van der Waals surface area contributed by atoms with Crippen LogP contribution in [-0.2, 0) is 4.79 Å². The summed E-state index contributed by atoms with van der Waals surface area (Å²) in [5.41, 5.74) is 0.488. The molecule has 0 aromatic carbocycles. The quantitative estimate of drug-likeness (QED) is 0.688. The van der Waals surface area contributed by atoms with Gasteiger partial charge in [0.25, 0.3) is 0 Å². The Morgan fingerprint density at radius 2 is 1.94 bits per heavy atom. The minimum absolute atomic E-state index is 0.362. The Balaban J connectivity index is 2.26. The van der Waals surface area contributed by atoms with Crippen LogP contribution in [0.15, 0.2) is 0 Å². The zero-order chi connectivity index (χ0) is 11.9. The molecule has 16 heavy (non-hydrogen) atoms. The first kappa shape index (κ1) is 12.1. The van der Waals surface area contributed by atoms with Crippen LogP contribution in [0.4, 0.5) is 0 Å². The second-order valence-electron chi connectivity index (χ2n) is 6.74. The first-order chi connectivity index (χ1) is 7.46. The second kappa shape index (κ2) is 4.16. The maximum Gasteiger partial charge on any atom is 0.133 e. The third-order valence-electron chi connectivity index (χ3n) is 5.43. The molecule has 0 aromatic rings. The van der Waals surface area contributed by atoms with Crippen molar-refractivity contribution in [2.75, 3.05) is 0 Å². The normalized spacial score (nSPS) is 43.4. The van der Waals surface area contributed by atoms with Gasteiger partial charge in [0, 0.05) is 5.92 Å². The standard InChI is InChI=1S/C15H26O/c1-10(2)12-7-9-15(4)8-5-6-13(15)14(12)11(3)16/h10,12-14H,5-9H2,1-4H3/t12-,13?,14-,15+/m0/s1. The smallest absolute Gasteiger partial charge is 0.133 e. The predicted octanol–water partition coefficient (Wildman–Crippen LogP) is 4.06. The van der Waals surface area contributed by atoms with Gasteiger partial charge in [0.15, 0.2) is 0 Å². The molecule has 2 fully saturated rings. The summed E-state index contributed by atoms with van der Waals surface area (Å²) in [6.07, 6.45) is 6.62. The molecule has 2 aliphatic carbocycles. The van der Waals surface area contributed by atoms with E-state index < -0.39 is 0 Å². The van der Waals surface area contributed by atoms with Crippen molar-refractivity contribution < 1.29 is 4.79 Å². The molecule has 0 saturated heterocycles. The number of hydrogen-bond donors (Lipinski definition) is 0. The van der Waals surface area contributed by atoms with Gasteiger partial charge in [-0.2, -0.15) is 0 Å². The highest BCUT2D eigenvalue weighted by Gasteiger charge is 2.50. The number of carbonyl (C=O) groups is 1. The lowest BCUT2D eigenvalue weighted by molar-refractivity contribution is -0.130. The molecule has 92 valence electrons. The summed E-state index contributed by atoms with van der Waals surface area (Å²) in [7, 11) is 0. The fourth-order valence-corrected chi connectivity index (χ4v) is 4.49. The highest BCUT2D eigenvalue weighted by atomic mass is 16.1. The molecule has 0 N–H and O–H groups in total. The Morgan fingerprint density at radius 1 is 1.25 bits per heavy atom. The molecular weight excluding hydrogens is 196 g/mol. The van der Waals surface area contributed by atoms with Crippen molar-refractivity contribution in [2.24, 2.45) is 29.1 Å². The van der Waals surface area contributed by atoms with Crippen LogP contribution in [0.3, 0.4) is 0 Å². The summed E-state index contributed by atoms with van der Waals surface area (Å²) in [5, 5.41) is 0. The molecule has 1 unspecified atom stereocenters. The van der Waals surface area contributed by atoms with E-state index in [1.165, 1.54) is 32.1 Å². The van der Waals surface area contributed by atoms with Crippen molar-refractivity contribution in [2.45, 2.75) is 59.8 Å². The third kappa shape index (κ3) is 1.83. The maximum absolute atomic E-state index is 12.0. The van der Waals surface area contributed by atoms with E-state index >= 15 is 0 Å². The van der Waals surface area contributed by atoms with Gasteiger partial charge in [0.1, 0.15) is 5.78 Å². The summed E-state index contributed by atoms with van der Waals surface area (Å²) < 4.78 is 0. The zero-order valence-corrected chi connectivity index (χ0v) is 11.3. The number of ketones is 1. The van der Waals surface area contributed by atoms with Crippen molar-refractivity contribution in [3.63, 3.8) is 0 Å². The van der Waals surface area contributed by atoms with Gasteiger partial charge in [-0.25, -0.2) is 0 Å². The topological polar surface area (TPSA) is 17.1 Å². The van der Waals surface area contributed by atoms with Crippen molar-refractivity contribution in [3.8, 4) is 0 Å². The summed E-state index contributed by atoms with van der Waals surface area (Å²) >= 11 is 0. The van der Waals surface area contributed by atoms with E-state index in [1.54, 1.807) is 0 Å². The van der Waals surface area contributed by atoms with Crippen LogP contribution < -0.4 is 0 Å². The second-order valence-corrected chi connectivity index (χ2v) is 6.74. The maximum atomic E-state index is 12.0. The highest BCUT2D eigenvalue weighted by Crippen LogP contribution is 2.57. The van der Waals surface area contributed by atoms with Crippen LogP contribution >= 0.6 is 0 Å². The molecule has 2 rings (SSSR count). The molecular formula is C15H26O. The van der Waals surface area contributed by atoms with Crippen molar-refractivity contribution >= 4 is 5.78 Å². The van der Waals surface area contributed by atoms with Gasteiger partial charge >= 0.3 is 0 Å². The minimum Gasteiger partial charge on any atom is -0.300 e. The number of Topliss-reactive ketones (excluding diaryl/α,β-unsaturated/α-hetero) is 1. The molecule has 0 amide bonds. The Bertz CT molecular complexity index is 281. The van der Waals surface area contributed by atoms with E-state index in [1.807, 2.05) is 6.92 Å². The molecule has 0 spiro atoms. The van der Waals surface area contributed by atoms with Gasteiger partial charge in [0.05, 0.1) is 0 Å². The fourth-order valence-electron chi connectivity index (χ4n) is 4.49. The fraction of sp³-hybridized carbons (Fsp3) is 0.933. The van der Waals surface area contributed by atoms with Crippen molar-refractivity contribution in [1.82, 2.24) is 0 Å². The van der Waals surface area contributed by atoms with Crippen LogP contribution in [-0.4, -0.2) is 5.78 Å². The van der Waals surface area contributed by atoms with Crippen LogP contribution in [0, 0.1) is 29.1 Å². The number of hydrogen-bond acceptors (Lipinski definition) is 1. The highest BCUT2D eigenvalue weighted by molar-refractivity contribution is 5.79. The van der Waals surface area contributed by atoms with E-state index in [2.05, 4.69) is 20.8 Å². The molecule has 0 aliphatic heterocycles. The Hall–Kier alpha value is -0.330. The largest absolute Gasteiger partial charge is 0.300 e. The summed E-state index contributed by atoms with van der Waals surface area (Å²) in [5.74, 6) is 2.82. The Kier molecular flexibility index (Phi) is 3.16. The monoisotopic (exact) mass is 222 g/mol. The third-order valence-corrected chi connectivity index (χ3v) is 5.43. The summed E-state index contributed by atoms with van der Waals surface area (Å²) in [4.78, 5) is 12.0. The molecule has 2 aliphatic rings. The molecule has 4 atom stereocenters. The van der Waals surface area contributed by atoms with E-state index in [0.717, 1.165) is 0 Å². The molecule has 0 radical (unpaired) electrons. The number of rotatable bonds is 2. The average molecular weight is 222 g/mol. The molecule has 1 heteroatoms. The lowest BCUT2D eigenvalue weighted by Gasteiger charge is -2.47. The van der Waals surface area contributed by atoms with Crippen LogP contribution in [0.1, 0.15) is 59.8 Å². The van der Waals surface area contributed by atoms with Gasteiger partial charge in [0.2, 0.25) is 0 Å². The van der Waals surface area contributed by atoms with E-state index in [0.29, 0.717) is 34.9 Å². The first-order valence-corrected chi connectivity index (χ1v) is 6.96. The van der Waals surface area contributed by atoms with E-state index in [-0.39, 0.29) is 0 Å². The molecule has 2 saturated carbocycles. The lowest BCUT2D eigenvalue weighted by Crippen LogP contribution is -2.43. The van der Waals surface area contributed by atoms with E-state index in [9.17, 15) is 4.79 Å². The number of carbonyl (C=O) groups excluding carboxylic acids is 1. The minimum atomic E-state index is 0.362. The van der Waals surface area contributed by atoms with E-state index in [4.69, 9.17) is 0 Å². The van der Waals surface area contributed by atoms with Gasteiger partial charge in [-0.1, -0.05) is 27.2 Å². The molecule has 0 bridgehead atoms. The Morgan fingerprint density at radius 3 is 2.50 bits per heavy atom. The molecule has 0 heterocycles. The van der Waals surface area contributed by atoms with Gasteiger partial charge in [-0.15, -0.1) is 0 Å². The van der Waals surface area contributed by atoms with Gasteiger partial charge < -0.3 is 0 Å². The average Bonchev–Trinajstić information content (AvgIpc) is 2.56. The van der Waals surface area contributed by atoms with Crippen molar-refractivity contribution in [1.29, 1.82) is 0 Å². The Labute approximate surface area is 100.0 Å². The molecule has 0 aromatic heterocycles.